The molecule has 0 atom stereocenters. The summed E-state index contributed by atoms with van der Waals surface area (Å²) in [7, 11) is 1.59. The first-order valence-corrected chi connectivity index (χ1v) is 6.55. The topological polar surface area (TPSA) is 26.3 Å². The highest BCUT2D eigenvalue weighted by Gasteiger charge is 2.10. The van der Waals surface area contributed by atoms with Crippen molar-refractivity contribution in [3.05, 3.63) is 64.4 Å². The van der Waals surface area contributed by atoms with Gasteiger partial charge in [-0.25, -0.2) is 4.39 Å². The van der Waals surface area contributed by atoms with Gasteiger partial charge in [-0.3, -0.25) is 4.79 Å². The van der Waals surface area contributed by atoms with Crippen molar-refractivity contribution in [2.45, 2.75) is 12.8 Å². The molecule has 2 nitrogen and oxygen atoms in total. The fourth-order valence-electron chi connectivity index (χ4n) is 1.92. The molecule has 0 aromatic heterocycles. The van der Waals surface area contributed by atoms with Crippen LogP contribution in [0.3, 0.4) is 0 Å². The lowest BCUT2D eigenvalue weighted by molar-refractivity contribution is -0.117. The van der Waals surface area contributed by atoms with E-state index >= 15 is 0 Å². The number of ketones is 1. The van der Waals surface area contributed by atoms with Crippen LogP contribution in [-0.4, -0.2) is 12.9 Å². The lowest BCUT2D eigenvalue weighted by atomic mass is 10.0. The monoisotopic (exact) mass is 292 g/mol. The van der Waals surface area contributed by atoms with Gasteiger partial charge in [-0.15, -0.1) is 0 Å². The van der Waals surface area contributed by atoms with Gasteiger partial charge in [0.1, 0.15) is 17.3 Å². The van der Waals surface area contributed by atoms with Crippen molar-refractivity contribution >= 4 is 17.4 Å². The first-order chi connectivity index (χ1) is 9.58. The molecule has 4 heteroatoms. The van der Waals surface area contributed by atoms with Crippen molar-refractivity contribution in [1.29, 1.82) is 0 Å². The normalized spacial score (nSPS) is 10.3. The van der Waals surface area contributed by atoms with Gasteiger partial charge in [-0.05, 0) is 41.5 Å². The number of halogens is 2. The van der Waals surface area contributed by atoms with E-state index in [1.165, 1.54) is 18.2 Å². The number of hydrogen-bond acceptors (Lipinski definition) is 2. The van der Waals surface area contributed by atoms with Gasteiger partial charge in [0.15, 0.2) is 0 Å². The number of carbonyl (C=O) groups excluding carboxylic acids is 1. The Morgan fingerprint density at radius 2 is 1.85 bits per heavy atom. The molecule has 0 heterocycles. The lowest BCUT2D eigenvalue weighted by Gasteiger charge is -2.05. The summed E-state index contributed by atoms with van der Waals surface area (Å²) in [5.74, 6) is 0.274. The van der Waals surface area contributed by atoms with E-state index in [0.29, 0.717) is 10.6 Å². The first-order valence-electron chi connectivity index (χ1n) is 6.17. The molecule has 20 heavy (non-hydrogen) atoms. The predicted octanol–water partition coefficient (Wildman–Crippen LogP) is 3.84. The zero-order valence-corrected chi connectivity index (χ0v) is 11.8. The minimum Gasteiger partial charge on any atom is -0.497 e. The Morgan fingerprint density at radius 1 is 1.15 bits per heavy atom. The van der Waals surface area contributed by atoms with Crippen LogP contribution in [-0.2, 0) is 17.6 Å². The van der Waals surface area contributed by atoms with Gasteiger partial charge < -0.3 is 4.74 Å². The maximum absolute atomic E-state index is 13.5. The van der Waals surface area contributed by atoms with Crippen molar-refractivity contribution in [2.75, 3.05) is 7.11 Å². The Morgan fingerprint density at radius 3 is 2.50 bits per heavy atom. The molecule has 0 bridgehead atoms. The van der Waals surface area contributed by atoms with Crippen LogP contribution in [0.2, 0.25) is 5.02 Å². The maximum Gasteiger partial charge on any atom is 0.141 e. The molecule has 0 fully saturated rings. The fourth-order valence-corrected chi connectivity index (χ4v) is 2.12. The Labute approximate surface area is 122 Å². The van der Waals surface area contributed by atoms with Gasteiger partial charge in [0.05, 0.1) is 7.11 Å². The molecule has 2 aromatic rings. The first kappa shape index (κ1) is 14.5. The van der Waals surface area contributed by atoms with Crippen LogP contribution in [0.15, 0.2) is 42.5 Å². The average molecular weight is 293 g/mol. The Kier molecular flexibility index (Phi) is 4.74. The number of Topliss-reactive ketones (excluding diaryl/α,β-unsaturated/α-hetero) is 1. The molecule has 0 saturated carbocycles. The number of hydrogen-bond donors (Lipinski definition) is 0. The van der Waals surface area contributed by atoms with Crippen LogP contribution >= 0.6 is 11.6 Å². The lowest BCUT2D eigenvalue weighted by Crippen LogP contribution is -2.08. The third kappa shape index (κ3) is 3.81. The largest absolute Gasteiger partial charge is 0.497 e. The van der Waals surface area contributed by atoms with E-state index in [1.54, 1.807) is 19.2 Å². The summed E-state index contributed by atoms with van der Waals surface area (Å²) in [6, 6.07) is 11.5. The summed E-state index contributed by atoms with van der Waals surface area (Å²) in [4.78, 5) is 12.0. The van der Waals surface area contributed by atoms with Crippen molar-refractivity contribution < 1.29 is 13.9 Å². The van der Waals surface area contributed by atoms with Gasteiger partial charge in [-0.1, -0.05) is 23.7 Å². The molecule has 2 rings (SSSR count). The summed E-state index contributed by atoms with van der Waals surface area (Å²) in [5, 5.41) is 0.429. The number of benzene rings is 2. The highest BCUT2D eigenvalue weighted by atomic mass is 35.5. The van der Waals surface area contributed by atoms with Crippen LogP contribution in [0.25, 0.3) is 0 Å². The van der Waals surface area contributed by atoms with E-state index in [-0.39, 0.29) is 18.6 Å². The average Bonchev–Trinajstić information content (AvgIpc) is 2.43. The van der Waals surface area contributed by atoms with Crippen LogP contribution < -0.4 is 4.74 Å². The van der Waals surface area contributed by atoms with Gasteiger partial charge >= 0.3 is 0 Å². The fraction of sp³-hybridized carbons (Fsp3) is 0.188. The van der Waals surface area contributed by atoms with Crippen molar-refractivity contribution in [1.82, 2.24) is 0 Å². The summed E-state index contributed by atoms with van der Waals surface area (Å²) in [6.45, 7) is 0. The third-order valence-corrected chi connectivity index (χ3v) is 3.19. The summed E-state index contributed by atoms with van der Waals surface area (Å²) in [5.41, 5.74) is 1.20. The summed E-state index contributed by atoms with van der Waals surface area (Å²) in [6.07, 6.45) is 0.300. The predicted molar refractivity (Wildman–Crippen MR) is 76.8 cm³/mol. The molecule has 0 amide bonds. The van der Waals surface area contributed by atoms with Gasteiger partial charge in [-0.2, -0.15) is 0 Å². The molecule has 0 unspecified atom stereocenters. The number of ether oxygens (including phenoxy) is 1. The van der Waals surface area contributed by atoms with Crippen molar-refractivity contribution in [3.63, 3.8) is 0 Å². The van der Waals surface area contributed by atoms with E-state index in [0.717, 1.165) is 11.3 Å². The Balaban J connectivity index is 2.03. The minimum absolute atomic E-state index is 0.0401. The van der Waals surface area contributed by atoms with E-state index in [4.69, 9.17) is 16.3 Å². The second-order valence-corrected chi connectivity index (χ2v) is 4.91. The molecule has 2 aromatic carbocycles. The van der Waals surface area contributed by atoms with Crippen LogP contribution in [0.5, 0.6) is 5.75 Å². The van der Waals surface area contributed by atoms with E-state index in [9.17, 15) is 9.18 Å². The molecule has 0 aliphatic rings. The number of rotatable bonds is 5. The molecule has 0 N–H and O–H groups in total. The standard InChI is InChI=1S/C16H14ClFO2/c1-20-15-5-2-11(3-6-15)8-14(19)10-12-9-13(17)4-7-16(12)18/h2-7,9H,8,10H2,1H3. The summed E-state index contributed by atoms with van der Waals surface area (Å²) >= 11 is 5.80. The SMILES string of the molecule is COc1ccc(CC(=O)Cc2cc(Cl)ccc2F)cc1. The smallest absolute Gasteiger partial charge is 0.141 e. The molecule has 0 saturated heterocycles. The number of carbonyl (C=O) groups is 1. The van der Waals surface area contributed by atoms with E-state index in [1.807, 2.05) is 12.1 Å². The van der Waals surface area contributed by atoms with Crippen molar-refractivity contribution in [3.8, 4) is 5.75 Å². The second kappa shape index (κ2) is 6.53. The Hall–Kier alpha value is -1.87. The third-order valence-electron chi connectivity index (χ3n) is 2.96. The molecule has 104 valence electrons. The zero-order valence-electron chi connectivity index (χ0n) is 11.0. The molecule has 0 spiro atoms. The van der Waals surface area contributed by atoms with Gasteiger partial charge in [0, 0.05) is 17.9 Å². The quantitative estimate of drug-likeness (QED) is 0.837. The maximum atomic E-state index is 13.5. The van der Waals surface area contributed by atoms with E-state index in [2.05, 4.69) is 0 Å². The molecule has 0 radical (unpaired) electrons. The van der Waals surface area contributed by atoms with Crippen LogP contribution in [0.4, 0.5) is 4.39 Å². The molecular formula is C16H14ClFO2. The highest BCUT2D eigenvalue weighted by molar-refractivity contribution is 6.30. The highest BCUT2D eigenvalue weighted by Crippen LogP contribution is 2.17. The number of methoxy groups -OCH3 is 1. The van der Waals surface area contributed by atoms with Gasteiger partial charge in [0.2, 0.25) is 0 Å². The minimum atomic E-state index is -0.405. The molecule has 0 aliphatic carbocycles. The van der Waals surface area contributed by atoms with E-state index < -0.39 is 5.82 Å². The molecular weight excluding hydrogens is 279 g/mol. The van der Waals surface area contributed by atoms with Crippen molar-refractivity contribution in [2.24, 2.45) is 0 Å². The Bertz CT molecular complexity index is 608. The molecule has 0 aliphatic heterocycles. The summed E-state index contributed by atoms with van der Waals surface area (Å²) < 4.78 is 18.6. The zero-order chi connectivity index (χ0) is 14.5. The van der Waals surface area contributed by atoms with Crippen LogP contribution in [0, 0.1) is 5.82 Å². The van der Waals surface area contributed by atoms with Crippen LogP contribution in [0.1, 0.15) is 11.1 Å². The van der Waals surface area contributed by atoms with Gasteiger partial charge in [0.25, 0.3) is 0 Å². The second-order valence-electron chi connectivity index (χ2n) is 4.48.